The minimum absolute atomic E-state index is 0.145. The predicted molar refractivity (Wildman–Crippen MR) is 78.1 cm³/mol. The Labute approximate surface area is 118 Å². The van der Waals surface area contributed by atoms with Crippen LogP contribution in [0.3, 0.4) is 0 Å². The van der Waals surface area contributed by atoms with Crippen LogP contribution in [0.4, 0.5) is 10.1 Å². The quantitative estimate of drug-likeness (QED) is 0.897. The Kier molecular flexibility index (Phi) is 4.66. The molecule has 0 aliphatic heterocycles. The number of hydrogen-bond donors (Lipinski definition) is 2. The number of anilines is 1. The van der Waals surface area contributed by atoms with Gasteiger partial charge < -0.3 is 16.0 Å². The highest BCUT2D eigenvalue weighted by molar-refractivity contribution is 6.31. The monoisotopic (exact) mass is 285 g/mol. The minimum Gasteiger partial charge on any atom is -0.381 e. The minimum atomic E-state index is -0.392. The summed E-state index contributed by atoms with van der Waals surface area (Å²) in [6.45, 7) is 0. The Balaban J connectivity index is 2.11. The molecule has 0 amide bonds. The lowest BCUT2D eigenvalue weighted by Crippen LogP contribution is -2.50. The van der Waals surface area contributed by atoms with Gasteiger partial charge in [-0.05, 0) is 51.6 Å². The molecule has 0 radical (unpaired) electrons. The Morgan fingerprint density at radius 2 is 2.11 bits per heavy atom. The van der Waals surface area contributed by atoms with Crippen molar-refractivity contribution in [2.75, 3.05) is 19.4 Å². The van der Waals surface area contributed by atoms with Gasteiger partial charge in [0.2, 0.25) is 0 Å². The molecule has 0 aromatic heterocycles. The molecular formula is C14H21ClFN3. The van der Waals surface area contributed by atoms with Gasteiger partial charge in [-0.25, -0.2) is 4.39 Å². The van der Waals surface area contributed by atoms with Crippen LogP contribution in [0.2, 0.25) is 5.02 Å². The second-order valence-corrected chi connectivity index (χ2v) is 5.89. The summed E-state index contributed by atoms with van der Waals surface area (Å²) in [6, 6.07) is 5.66. The first-order valence-electron chi connectivity index (χ1n) is 6.61. The molecule has 1 fully saturated rings. The molecular weight excluding hydrogens is 265 g/mol. The summed E-state index contributed by atoms with van der Waals surface area (Å²) in [6.07, 6.45) is 3.03. The third-order valence-electron chi connectivity index (χ3n) is 3.79. The fourth-order valence-electron chi connectivity index (χ4n) is 2.76. The lowest BCUT2D eigenvalue weighted by atomic mass is 9.86. The first-order valence-corrected chi connectivity index (χ1v) is 6.98. The highest BCUT2D eigenvalue weighted by Gasteiger charge is 2.30. The van der Waals surface area contributed by atoms with Gasteiger partial charge in [0.25, 0.3) is 0 Å². The number of nitrogens with two attached hydrogens (primary N) is 1. The molecule has 1 aromatic rings. The molecule has 0 saturated heterocycles. The third-order valence-corrected chi connectivity index (χ3v) is 4.08. The van der Waals surface area contributed by atoms with Crippen LogP contribution in [0.1, 0.15) is 19.3 Å². The summed E-state index contributed by atoms with van der Waals surface area (Å²) in [4.78, 5) is 2.22. The van der Waals surface area contributed by atoms with Crippen molar-refractivity contribution < 1.29 is 4.39 Å². The van der Waals surface area contributed by atoms with Crippen LogP contribution in [0.15, 0.2) is 18.2 Å². The van der Waals surface area contributed by atoms with E-state index in [-0.39, 0.29) is 17.1 Å². The number of benzene rings is 1. The van der Waals surface area contributed by atoms with Crippen molar-refractivity contribution in [3.8, 4) is 0 Å². The predicted octanol–water partition coefficient (Wildman–Crippen LogP) is 2.70. The molecule has 5 heteroatoms. The molecule has 1 aliphatic carbocycles. The molecule has 3 unspecified atom stereocenters. The summed E-state index contributed by atoms with van der Waals surface area (Å²) in [7, 11) is 4.15. The van der Waals surface area contributed by atoms with E-state index < -0.39 is 5.82 Å². The van der Waals surface area contributed by atoms with Gasteiger partial charge in [0.05, 0.1) is 5.02 Å². The lowest BCUT2D eigenvalue weighted by molar-refractivity contribution is 0.199. The van der Waals surface area contributed by atoms with Crippen LogP contribution < -0.4 is 11.1 Å². The average Bonchev–Trinajstić information content (AvgIpc) is 2.33. The summed E-state index contributed by atoms with van der Waals surface area (Å²) in [5.74, 6) is -0.392. The molecule has 1 aromatic carbocycles. The van der Waals surface area contributed by atoms with E-state index in [9.17, 15) is 4.39 Å². The summed E-state index contributed by atoms with van der Waals surface area (Å²) < 4.78 is 13.2. The molecule has 3 nitrogen and oxygen atoms in total. The first-order chi connectivity index (χ1) is 8.97. The second kappa shape index (κ2) is 6.07. The highest BCUT2D eigenvalue weighted by Crippen LogP contribution is 2.26. The van der Waals surface area contributed by atoms with Gasteiger partial charge in [0.1, 0.15) is 5.82 Å². The van der Waals surface area contributed by atoms with Crippen LogP contribution in [0.25, 0.3) is 0 Å². The van der Waals surface area contributed by atoms with Gasteiger partial charge in [-0.2, -0.15) is 0 Å². The molecule has 2 rings (SSSR count). The van der Waals surface area contributed by atoms with E-state index in [1.807, 2.05) is 0 Å². The zero-order chi connectivity index (χ0) is 14.0. The maximum Gasteiger partial charge on any atom is 0.141 e. The molecule has 0 spiro atoms. The first kappa shape index (κ1) is 14.6. The fraction of sp³-hybridized carbons (Fsp3) is 0.571. The number of hydrogen-bond acceptors (Lipinski definition) is 3. The Morgan fingerprint density at radius 3 is 2.74 bits per heavy atom. The number of rotatable bonds is 3. The topological polar surface area (TPSA) is 41.3 Å². The van der Waals surface area contributed by atoms with Crippen molar-refractivity contribution in [3.63, 3.8) is 0 Å². The maximum atomic E-state index is 13.2. The zero-order valence-corrected chi connectivity index (χ0v) is 12.1. The van der Waals surface area contributed by atoms with E-state index in [1.165, 1.54) is 6.07 Å². The van der Waals surface area contributed by atoms with Crippen LogP contribution in [-0.4, -0.2) is 37.1 Å². The van der Waals surface area contributed by atoms with Crippen molar-refractivity contribution in [1.29, 1.82) is 0 Å². The van der Waals surface area contributed by atoms with Crippen molar-refractivity contribution in [1.82, 2.24) is 4.90 Å². The van der Waals surface area contributed by atoms with E-state index in [4.69, 9.17) is 17.3 Å². The van der Waals surface area contributed by atoms with Gasteiger partial charge >= 0.3 is 0 Å². The maximum absolute atomic E-state index is 13.2. The SMILES string of the molecule is CN(C)C1CCC(N)CC1Nc1ccc(F)c(Cl)c1. The number of nitrogens with zero attached hydrogens (tertiary/aromatic N) is 1. The van der Waals surface area contributed by atoms with Crippen LogP contribution >= 0.6 is 11.6 Å². The molecule has 1 saturated carbocycles. The van der Waals surface area contributed by atoms with E-state index in [0.29, 0.717) is 6.04 Å². The van der Waals surface area contributed by atoms with Crippen molar-refractivity contribution in [2.45, 2.75) is 37.4 Å². The summed E-state index contributed by atoms with van der Waals surface area (Å²) in [5, 5.41) is 3.58. The highest BCUT2D eigenvalue weighted by atomic mass is 35.5. The summed E-state index contributed by atoms with van der Waals surface area (Å²) >= 11 is 5.81. The van der Waals surface area contributed by atoms with E-state index in [1.54, 1.807) is 12.1 Å². The van der Waals surface area contributed by atoms with E-state index >= 15 is 0 Å². The third kappa shape index (κ3) is 3.59. The molecule has 1 aliphatic rings. The molecule has 3 N–H and O–H groups in total. The Morgan fingerprint density at radius 1 is 1.37 bits per heavy atom. The van der Waals surface area contributed by atoms with Crippen LogP contribution in [-0.2, 0) is 0 Å². The van der Waals surface area contributed by atoms with Gasteiger partial charge in [-0.3, -0.25) is 0 Å². The van der Waals surface area contributed by atoms with Gasteiger partial charge in [0.15, 0.2) is 0 Å². The van der Waals surface area contributed by atoms with E-state index in [2.05, 4.69) is 24.3 Å². The lowest BCUT2D eigenvalue weighted by Gasteiger charge is -2.39. The normalized spacial score (nSPS) is 27.6. The second-order valence-electron chi connectivity index (χ2n) is 5.48. The van der Waals surface area contributed by atoms with Gasteiger partial charge in [-0.15, -0.1) is 0 Å². The van der Waals surface area contributed by atoms with Crippen LogP contribution in [0.5, 0.6) is 0 Å². The standard InChI is InChI=1S/C14H21ClFN3/c1-19(2)14-6-3-9(17)7-13(14)18-10-4-5-12(16)11(15)8-10/h4-5,8-9,13-14,18H,3,6-7,17H2,1-2H3. The molecule has 0 heterocycles. The number of likely N-dealkylation sites (N-methyl/N-ethyl adjacent to an activating group) is 1. The molecule has 106 valence electrons. The Hall–Kier alpha value is -0.840. The average molecular weight is 286 g/mol. The van der Waals surface area contributed by atoms with Crippen LogP contribution in [0, 0.1) is 5.82 Å². The number of nitrogens with one attached hydrogen (secondary N) is 1. The summed E-state index contributed by atoms with van der Waals surface area (Å²) in [5.41, 5.74) is 6.90. The van der Waals surface area contributed by atoms with Crippen molar-refractivity contribution in [2.24, 2.45) is 5.73 Å². The number of halogens is 2. The van der Waals surface area contributed by atoms with Crippen molar-refractivity contribution in [3.05, 3.63) is 29.0 Å². The van der Waals surface area contributed by atoms with Gasteiger partial charge in [0, 0.05) is 23.8 Å². The Bertz CT molecular complexity index is 439. The molecule has 3 atom stereocenters. The van der Waals surface area contributed by atoms with Gasteiger partial charge in [-0.1, -0.05) is 11.6 Å². The fourth-order valence-corrected chi connectivity index (χ4v) is 2.94. The van der Waals surface area contributed by atoms with Crippen molar-refractivity contribution >= 4 is 17.3 Å². The smallest absolute Gasteiger partial charge is 0.141 e. The molecule has 19 heavy (non-hydrogen) atoms. The van der Waals surface area contributed by atoms with E-state index in [0.717, 1.165) is 24.9 Å². The largest absolute Gasteiger partial charge is 0.381 e. The zero-order valence-electron chi connectivity index (χ0n) is 11.4. The molecule has 0 bridgehead atoms.